The number of aromatic nitrogens is 2. The second-order valence-electron chi connectivity index (χ2n) is 6.99. The molecule has 2 aromatic rings. The normalized spacial score (nSPS) is 25.0. The second kappa shape index (κ2) is 7.58. The van der Waals surface area contributed by atoms with Gasteiger partial charge in [-0.1, -0.05) is 31.0 Å². The first-order valence-electron chi connectivity index (χ1n) is 8.86. The van der Waals surface area contributed by atoms with Crippen molar-refractivity contribution in [1.29, 1.82) is 0 Å². The van der Waals surface area contributed by atoms with E-state index in [1.165, 1.54) is 12.8 Å². The highest BCUT2D eigenvalue weighted by atomic mass is 35.5. The van der Waals surface area contributed by atoms with Gasteiger partial charge in [0.2, 0.25) is 5.91 Å². The molecular weight excluding hydrogens is 336 g/mol. The van der Waals surface area contributed by atoms with Crippen molar-refractivity contribution < 1.29 is 4.79 Å². The Morgan fingerprint density at radius 3 is 3.04 bits per heavy atom. The summed E-state index contributed by atoms with van der Waals surface area (Å²) in [5.74, 6) is 0.708. The molecule has 1 aromatic heterocycles. The number of nitrogens with one attached hydrogen (secondary N) is 2. The third kappa shape index (κ3) is 3.31. The highest BCUT2D eigenvalue weighted by molar-refractivity contribution is 5.85. The van der Waals surface area contributed by atoms with Gasteiger partial charge >= 0.3 is 0 Å². The minimum absolute atomic E-state index is 0. The second-order valence-corrected chi connectivity index (χ2v) is 6.99. The van der Waals surface area contributed by atoms with Crippen molar-refractivity contribution in [3.05, 3.63) is 48.3 Å². The minimum Gasteiger partial charge on any atom is -0.351 e. The fourth-order valence-corrected chi connectivity index (χ4v) is 4.34. The quantitative estimate of drug-likeness (QED) is 0.881. The van der Waals surface area contributed by atoms with Crippen LogP contribution in [0.3, 0.4) is 0 Å². The molecule has 1 amide bonds. The van der Waals surface area contributed by atoms with Gasteiger partial charge in [0.15, 0.2) is 0 Å². The van der Waals surface area contributed by atoms with Gasteiger partial charge in [-0.25, -0.2) is 4.68 Å². The summed E-state index contributed by atoms with van der Waals surface area (Å²) in [5, 5.41) is 11.0. The third-order valence-electron chi connectivity index (χ3n) is 5.67. The molecule has 0 spiro atoms. The molecule has 2 atom stereocenters. The largest absolute Gasteiger partial charge is 0.351 e. The summed E-state index contributed by atoms with van der Waals surface area (Å²) in [6.45, 7) is 2.35. The van der Waals surface area contributed by atoms with Crippen LogP contribution in [0.1, 0.15) is 31.2 Å². The molecule has 1 saturated carbocycles. The summed E-state index contributed by atoms with van der Waals surface area (Å²) in [7, 11) is 0. The zero-order valence-electron chi connectivity index (χ0n) is 14.3. The summed E-state index contributed by atoms with van der Waals surface area (Å²) in [5.41, 5.74) is 1.91. The van der Waals surface area contributed by atoms with Crippen LogP contribution < -0.4 is 10.6 Å². The number of hydrogen-bond donors (Lipinski definition) is 2. The Morgan fingerprint density at radius 2 is 2.20 bits per heavy atom. The van der Waals surface area contributed by atoms with Crippen molar-refractivity contribution >= 4 is 18.3 Å². The first kappa shape index (κ1) is 18.0. The number of carbonyl (C=O) groups is 1. The number of rotatable bonds is 4. The summed E-state index contributed by atoms with van der Waals surface area (Å²) >= 11 is 0. The standard InChI is InChI=1S/C19H24N4O.ClH/c24-18(19-9-4-3-7-16(19)13-20-14-19)21-12-15-6-1-2-8-17(15)23-11-5-10-22-23;/h1-2,5-6,8,10-11,16,20H,3-4,7,9,12-14H2,(H,21,24);1H/t16-,19+;/m0./s1. The third-order valence-corrected chi connectivity index (χ3v) is 5.67. The topological polar surface area (TPSA) is 59.0 Å². The molecule has 5 nitrogen and oxygen atoms in total. The number of hydrogen-bond acceptors (Lipinski definition) is 3. The number of para-hydroxylation sites is 1. The van der Waals surface area contributed by atoms with Crippen LogP contribution in [0.2, 0.25) is 0 Å². The lowest BCUT2D eigenvalue weighted by Gasteiger charge is -2.37. The maximum absolute atomic E-state index is 13.0. The van der Waals surface area contributed by atoms with Crippen LogP contribution in [0.5, 0.6) is 0 Å². The van der Waals surface area contributed by atoms with Crippen molar-refractivity contribution in [3.63, 3.8) is 0 Å². The molecule has 2 fully saturated rings. The van der Waals surface area contributed by atoms with E-state index in [9.17, 15) is 4.79 Å². The Bertz CT molecular complexity index is 718. The molecule has 2 N–H and O–H groups in total. The smallest absolute Gasteiger partial charge is 0.228 e. The molecule has 1 aliphatic carbocycles. The van der Waals surface area contributed by atoms with Gasteiger partial charge in [-0.15, -0.1) is 12.4 Å². The lowest BCUT2D eigenvalue weighted by molar-refractivity contribution is -0.134. The first-order chi connectivity index (χ1) is 11.8. The number of halogens is 1. The van der Waals surface area contributed by atoms with E-state index in [2.05, 4.69) is 21.8 Å². The van der Waals surface area contributed by atoms with Crippen molar-refractivity contribution in [3.8, 4) is 5.69 Å². The lowest BCUT2D eigenvalue weighted by atomic mass is 9.67. The molecule has 134 valence electrons. The van der Waals surface area contributed by atoms with Crippen LogP contribution in [0.4, 0.5) is 0 Å². The van der Waals surface area contributed by atoms with Crippen molar-refractivity contribution in [2.24, 2.45) is 11.3 Å². The van der Waals surface area contributed by atoms with Crippen LogP contribution in [-0.2, 0) is 11.3 Å². The van der Waals surface area contributed by atoms with Crippen molar-refractivity contribution in [1.82, 2.24) is 20.4 Å². The molecule has 0 radical (unpaired) electrons. The monoisotopic (exact) mass is 360 g/mol. The molecule has 25 heavy (non-hydrogen) atoms. The van der Waals surface area contributed by atoms with Crippen LogP contribution >= 0.6 is 12.4 Å². The van der Waals surface area contributed by atoms with Crippen LogP contribution in [-0.4, -0.2) is 28.8 Å². The van der Waals surface area contributed by atoms with E-state index in [0.717, 1.165) is 37.2 Å². The Kier molecular flexibility index (Phi) is 5.45. The molecule has 6 heteroatoms. The van der Waals surface area contributed by atoms with Gasteiger partial charge in [0.05, 0.1) is 11.1 Å². The molecule has 4 rings (SSSR count). The van der Waals surface area contributed by atoms with Crippen LogP contribution in [0.15, 0.2) is 42.7 Å². The Morgan fingerprint density at radius 1 is 1.32 bits per heavy atom. The maximum atomic E-state index is 13.0. The van der Waals surface area contributed by atoms with Gasteiger partial charge in [0.1, 0.15) is 0 Å². The van der Waals surface area contributed by atoms with Crippen LogP contribution in [0.25, 0.3) is 5.69 Å². The lowest BCUT2D eigenvalue weighted by Crippen LogP contribution is -2.47. The van der Waals surface area contributed by atoms with E-state index in [1.807, 2.05) is 35.1 Å². The van der Waals surface area contributed by atoms with Gasteiger partial charge in [0, 0.05) is 25.5 Å². The van der Waals surface area contributed by atoms with E-state index in [4.69, 9.17) is 0 Å². The fourth-order valence-electron chi connectivity index (χ4n) is 4.34. The SMILES string of the molecule is Cl.O=C(NCc1ccccc1-n1cccn1)[C@@]12CCCC[C@H]1CNC2. The van der Waals surface area contributed by atoms with E-state index < -0.39 is 0 Å². The van der Waals surface area contributed by atoms with E-state index in [1.54, 1.807) is 6.20 Å². The number of nitrogens with zero attached hydrogens (tertiary/aromatic N) is 2. The predicted molar refractivity (Wildman–Crippen MR) is 99.9 cm³/mol. The molecule has 1 saturated heterocycles. The Balaban J connectivity index is 0.00000182. The van der Waals surface area contributed by atoms with Crippen molar-refractivity contribution in [2.75, 3.05) is 13.1 Å². The summed E-state index contributed by atoms with van der Waals surface area (Å²) in [6.07, 6.45) is 8.29. The number of carbonyl (C=O) groups excluding carboxylic acids is 1. The molecule has 1 aromatic carbocycles. The van der Waals surface area contributed by atoms with Gasteiger partial charge in [-0.3, -0.25) is 4.79 Å². The molecule has 2 aliphatic rings. The highest BCUT2D eigenvalue weighted by Crippen LogP contribution is 2.43. The predicted octanol–water partition coefficient (Wildman–Crippen LogP) is 2.69. The Hall–Kier alpha value is -1.85. The fraction of sp³-hybridized carbons (Fsp3) is 0.474. The zero-order chi connectivity index (χ0) is 16.4. The minimum atomic E-state index is -0.196. The summed E-state index contributed by atoms with van der Waals surface area (Å²) < 4.78 is 1.85. The van der Waals surface area contributed by atoms with Gasteiger partial charge in [0.25, 0.3) is 0 Å². The average Bonchev–Trinajstić information content (AvgIpc) is 3.29. The van der Waals surface area contributed by atoms with Gasteiger partial charge in [-0.05, 0) is 43.0 Å². The molecule has 0 unspecified atom stereocenters. The zero-order valence-corrected chi connectivity index (χ0v) is 15.1. The molecule has 1 aliphatic heterocycles. The number of amides is 1. The van der Waals surface area contributed by atoms with E-state index in [-0.39, 0.29) is 23.7 Å². The maximum Gasteiger partial charge on any atom is 0.228 e. The average molecular weight is 361 g/mol. The van der Waals surface area contributed by atoms with E-state index >= 15 is 0 Å². The number of benzene rings is 1. The van der Waals surface area contributed by atoms with E-state index in [0.29, 0.717) is 12.5 Å². The summed E-state index contributed by atoms with van der Waals surface area (Å²) in [6, 6.07) is 10.0. The van der Waals surface area contributed by atoms with Gasteiger partial charge in [-0.2, -0.15) is 5.10 Å². The highest BCUT2D eigenvalue weighted by Gasteiger charge is 2.49. The first-order valence-corrected chi connectivity index (χ1v) is 8.86. The molecule has 2 heterocycles. The van der Waals surface area contributed by atoms with Gasteiger partial charge < -0.3 is 10.6 Å². The molecule has 0 bridgehead atoms. The number of fused-ring (bicyclic) bond motifs is 1. The Labute approximate surface area is 154 Å². The molecular formula is C19H25ClN4O. The summed E-state index contributed by atoms with van der Waals surface area (Å²) in [4.78, 5) is 13.0. The van der Waals surface area contributed by atoms with Crippen molar-refractivity contribution in [2.45, 2.75) is 32.2 Å². The van der Waals surface area contributed by atoms with Crippen LogP contribution in [0, 0.1) is 11.3 Å².